The molecule has 1 atom stereocenters. The average Bonchev–Trinajstić information content (AvgIpc) is 2.96. The number of rotatable bonds is 7. The third-order valence-electron chi connectivity index (χ3n) is 5.34. The van der Waals surface area contributed by atoms with Gasteiger partial charge in [-0.25, -0.2) is 0 Å². The van der Waals surface area contributed by atoms with Gasteiger partial charge >= 0.3 is 0 Å². The highest BCUT2D eigenvalue weighted by molar-refractivity contribution is 6.06. The number of hydrogen-bond donors (Lipinski definition) is 2. The molecule has 3 amide bonds. The first-order valence-electron chi connectivity index (χ1n) is 9.67. The van der Waals surface area contributed by atoms with Crippen LogP contribution < -0.4 is 16.0 Å². The number of benzene rings is 1. The number of imide groups is 1. The highest BCUT2D eigenvalue weighted by atomic mass is 35.5. The average molecular weight is 409 g/mol. The van der Waals surface area contributed by atoms with Gasteiger partial charge < -0.3 is 15.5 Å². The van der Waals surface area contributed by atoms with Crippen LogP contribution in [0.4, 0.5) is 5.69 Å². The molecule has 3 rings (SSSR count). The summed E-state index contributed by atoms with van der Waals surface area (Å²) < 4.78 is 0. The number of piperidine rings is 1. The molecule has 1 unspecified atom stereocenters. The number of anilines is 1. The quantitative estimate of drug-likeness (QED) is 0.530. The second-order valence-corrected chi connectivity index (χ2v) is 7.49. The number of carbonyl (C=O) groups is 3. The van der Waals surface area contributed by atoms with Crippen LogP contribution >= 0.6 is 12.4 Å². The van der Waals surface area contributed by atoms with Gasteiger partial charge in [0.2, 0.25) is 11.8 Å². The number of hydrogen-bond acceptors (Lipinski definition) is 5. The Morgan fingerprint density at radius 1 is 1.25 bits per heavy atom. The van der Waals surface area contributed by atoms with Gasteiger partial charge in [0.1, 0.15) is 6.04 Å². The van der Waals surface area contributed by atoms with Gasteiger partial charge in [-0.15, -0.1) is 12.4 Å². The van der Waals surface area contributed by atoms with E-state index in [0.29, 0.717) is 25.1 Å². The van der Waals surface area contributed by atoms with E-state index >= 15 is 0 Å². The van der Waals surface area contributed by atoms with E-state index < -0.39 is 6.04 Å². The summed E-state index contributed by atoms with van der Waals surface area (Å²) in [4.78, 5) is 40.5. The monoisotopic (exact) mass is 408 g/mol. The molecule has 1 aromatic rings. The minimum atomic E-state index is -0.583. The Morgan fingerprint density at radius 2 is 2.00 bits per heavy atom. The molecule has 1 fully saturated rings. The molecule has 1 aromatic carbocycles. The van der Waals surface area contributed by atoms with Gasteiger partial charge in [-0.2, -0.15) is 0 Å². The van der Waals surface area contributed by atoms with Crippen LogP contribution in [0.25, 0.3) is 0 Å². The zero-order valence-corrected chi connectivity index (χ0v) is 17.3. The van der Waals surface area contributed by atoms with Gasteiger partial charge in [0.25, 0.3) is 5.91 Å². The molecule has 3 N–H and O–H groups in total. The minimum absolute atomic E-state index is 0. The fraction of sp³-hybridized carbons (Fsp3) is 0.550. The fourth-order valence-corrected chi connectivity index (χ4v) is 3.92. The lowest BCUT2D eigenvalue weighted by Crippen LogP contribution is -2.52. The molecule has 2 aliphatic heterocycles. The van der Waals surface area contributed by atoms with Crippen LogP contribution in [0, 0.1) is 0 Å². The molecule has 2 heterocycles. The van der Waals surface area contributed by atoms with Crippen molar-refractivity contribution in [3.05, 3.63) is 29.3 Å². The van der Waals surface area contributed by atoms with Gasteiger partial charge in [-0.05, 0) is 51.8 Å². The van der Waals surface area contributed by atoms with Crippen LogP contribution in [0.5, 0.6) is 0 Å². The van der Waals surface area contributed by atoms with Gasteiger partial charge in [-0.1, -0.05) is 6.07 Å². The van der Waals surface area contributed by atoms with Crippen molar-refractivity contribution < 1.29 is 14.4 Å². The number of nitrogens with two attached hydrogens (primary N) is 1. The van der Waals surface area contributed by atoms with Crippen molar-refractivity contribution in [2.45, 2.75) is 58.2 Å². The van der Waals surface area contributed by atoms with E-state index in [1.807, 2.05) is 18.2 Å². The second-order valence-electron chi connectivity index (χ2n) is 7.49. The molecule has 0 saturated carbocycles. The Bertz CT molecular complexity index is 753. The summed E-state index contributed by atoms with van der Waals surface area (Å²) in [6.45, 7) is 6.21. The summed E-state index contributed by atoms with van der Waals surface area (Å²) in [6, 6.07) is 5.47. The lowest BCUT2D eigenvalue weighted by atomic mass is 10.0. The first kappa shape index (κ1) is 22.2. The normalized spacial score (nSPS) is 18.8. The number of fused-ring (bicyclic) bond motifs is 1. The topological polar surface area (TPSA) is 95.7 Å². The molecule has 7 nitrogen and oxygen atoms in total. The zero-order chi connectivity index (χ0) is 19.6. The molecule has 0 radical (unpaired) electrons. The minimum Gasteiger partial charge on any atom is -0.369 e. The van der Waals surface area contributed by atoms with Crippen molar-refractivity contribution in [2.24, 2.45) is 5.73 Å². The van der Waals surface area contributed by atoms with Crippen molar-refractivity contribution in [2.75, 3.05) is 18.0 Å². The number of unbranched alkanes of at least 4 members (excludes halogenated alkanes) is 1. The van der Waals surface area contributed by atoms with E-state index in [2.05, 4.69) is 24.1 Å². The molecule has 28 heavy (non-hydrogen) atoms. The van der Waals surface area contributed by atoms with Crippen molar-refractivity contribution >= 4 is 35.8 Å². The predicted octanol–water partition coefficient (Wildman–Crippen LogP) is 1.82. The maximum absolute atomic E-state index is 13.0. The number of nitrogens with one attached hydrogen (secondary N) is 1. The number of carbonyl (C=O) groups excluding carboxylic acids is 3. The van der Waals surface area contributed by atoms with Crippen LogP contribution in [0.1, 0.15) is 55.5 Å². The molecule has 0 aliphatic carbocycles. The predicted molar refractivity (Wildman–Crippen MR) is 111 cm³/mol. The second kappa shape index (κ2) is 9.39. The number of nitrogens with zero attached hydrogens (tertiary/aromatic N) is 2. The highest BCUT2D eigenvalue weighted by Crippen LogP contribution is 2.35. The zero-order valence-electron chi connectivity index (χ0n) is 16.4. The molecular weight excluding hydrogens is 380 g/mol. The van der Waals surface area contributed by atoms with Crippen LogP contribution in [0.15, 0.2) is 18.2 Å². The Balaban J connectivity index is 0.00000280. The van der Waals surface area contributed by atoms with Crippen LogP contribution in [-0.2, 0) is 16.1 Å². The van der Waals surface area contributed by atoms with Crippen molar-refractivity contribution in [1.29, 1.82) is 0 Å². The maximum atomic E-state index is 13.0. The van der Waals surface area contributed by atoms with Gasteiger partial charge in [-0.3, -0.25) is 19.7 Å². The molecule has 8 heteroatoms. The number of halogens is 1. The summed E-state index contributed by atoms with van der Waals surface area (Å²) in [6.07, 6.45) is 2.59. The van der Waals surface area contributed by atoms with Crippen LogP contribution in [-0.4, -0.2) is 47.8 Å². The summed E-state index contributed by atoms with van der Waals surface area (Å²) in [5, 5.41) is 2.35. The summed E-state index contributed by atoms with van der Waals surface area (Å²) in [5.41, 5.74) is 8.29. The lowest BCUT2D eigenvalue weighted by Gasteiger charge is -2.32. The summed E-state index contributed by atoms with van der Waals surface area (Å²) in [5.74, 6) is -0.781. The molecule has 154 valence electrons. The molecule has 1 saturated heterocycles. The Hall–Kier alpha value is -2.12. The van der Waals surface area contributed by atoms with Crippen molar-refractivity contribution in [3.63, 3.8) is 0 Å². The van der Waals surface area contributed by atoms with E-state index in [1.165, 1.54) is 0 Å². The third-order valence-corrected chi connectivity index (χ3v) is 5.34. The SMILES string of the molecule is CC(C)N(CCCCN)c1cccc2c1CN(C1CCC(=O)NC1=O)C2=O.Cl. The van der Waals surface area contributed by atoms with E-state index in [4.69, 9.17) is 5.73 Å². The molecule has 2 aliphatic rings. The molecule has 0 aromatic heterocycles. The van der Waals surface area contributed by atoms with Gasteiger partial charge in [0.15, 0.2) is 0 Å². The van der Waals surface area contributed by atoms with Gasteiger partial charge in [0, 0.05) is 42.4 Å². The third kappa shape index (κ3) is 4.31. The smallest absolute Gasteiger partial charge is 0.255 e. The lowest BCUT2D eigenvalue weighted by molar-refractivity contribution is -0.136. The highest BCUT2D eigenvalue weighted by Gasteiger charge is 2.40. The standard InChI is InChI=1S/C20H28N4O3.ClH/c1-13(2)23(11-4-3-10-21)16-7-5-6-14-15(16)12-24(20(14)27)17-8-9-18(25)22-19(17)26;/h5-7,13,17H,3-4,8-12,21H2,1-2H3,(H,22,25,26);1H. The van der Waals surface area contributed by atoms with E-state index in [0.717, 1.165) is 30.6 Å². The fourth-order valence-electron chi connectivity index (χ4n) is 3.92. The maximum Gasteiger partial charge on any atom is 0.255 e. The number of amides is 3. The van der Waals surface area contributed by atoms with Crippen molar-refractivity contribution in [3.8, 4) is 0 Å². The first-order chi connectivity index (χ1) is 12.9. The Morgan fingerprint density at radius 3 is 2.64 bits per heavy atom. The Labute approximate surface area is 172 Å². The first-order valence-corrected chi connectivity index (χ1v) is 9.67. The van der Waals surface area contributed by atoms with E-state index in [9.17, 15) is 14.4 Å². The van der Waals surface area contributed by atoms with Crippen LogP contribution in [0.2, 0.25) is 0 Å². The van der Waals surface area contributed by atoms with E-state index in [-0.39, 0.29) is 42.6 Å². The summed E-state index contributed by atoms with van der Waals surface area (Å²) in [7, 11) is 0. The summed E-state index contributed by atoms with van der Waals surface area (Å²) >= 11 is 0. The Kier molecular flexibility index (Phi) is 7.43. The largest absolute Gasteiger partial charge is 0.369 e. The van der Waals surface area contributed by atoms with E-state index in [1.54, 1.807) is 4.90 Å². The van der Waals surface area contributed by atoms with Crippen LogP contribution in [0.3, 0.4) is 0 Å². The molecule has 0 spiro atoms. The van der Waals surface area contributed by atoms with Crippen molar-refractivity contribution in [1.82, 2.24) is 10.2 Å². The molecule has 0 bridgehead atoms. The molecular formula is C20H29ClN4O3. The van der Waals surface area contributed by atoms with Gasteiger partial charge in [0.05, 0.1) is 0 Å².